The Morgan fingerprint density at radius 1 is 1.39 bits per heavy atom. The van der Waals surface area contributed by atoms with E-state index in [4.69, 9.17) is 11.6 Å². The molecule has 2 nitrogen and oxygen atoms in total. The third kappa shape index (κ3) is 3.95. The predicted molar refractivity (Wildman–Crippen MR) is 67.6 cm³/mol. The van der Waals surface area contributed by atoms with Crippen LogP contribution in [0.25, 0.3) is 0 Å². The van der Waals surface area contributed by atoms with Gasteiger partial charge in [-0.3, -0.25) is 4.79 Å². The van der Waals surface area contributed by atoms with Crippen LogP contribution in [-0.4, -0.2) is 17.8 Å². The number of rotatable bonds is 5. The lowest BCUT2D eigenvalue weighted by Gasteiger charge is -2.19. The molecule has 1 rings (SSSR count). The Bertz CT molecular complexity index is 423. The van der Waals surface area contributed by atoms with Crippen LogP contribution in [0.4, 0.5) is 8.78 Å². The Balaban J connectivity index is 2.67. The Kier molecular flexibility index (Phi) is 5.54. The second kappa shape index (κ2) is 6.69. The van der Waals surface area contributed by atoms with E-state index in [1.165, 1.54) is 12.1 Å². The number of nitrogens with one attached hydrogen (secondary N) is 1. The van der Waals surface area contributed by atoms with Crippen molar-refractivity contribution in [3.63, 3.8) is 0 Å². The first-order chi connectivity index (χ1) is 8.45. The average Bonchev–Trinajstić information content (AvgIpc) is 2.31. The normalized spacial score (nSPS) is 12.6. The van der Waals surface area contributed by atoms with E-state index in [1.807, 2.05) is 13.8 Å². The summed E-state index contributed by atoms with van der Waals surface area (Å²) < 4.78 is 26.3. The van der Waals surface area contributed by atoms with Crippen LogP contribution in [0.5, 0.6) is 0 Å². The highest BCUT2D eigenvalue weighted by Crippen LogP contribution is 2.12. The highest BCUT2D eigenvalue weighted by molar-refractivity contribution is 6.18. The van der Waals surface area contributed by atoms with Crippen LogP contribution in [0.15, 0.2) is 18.2 Å². The molecule has 1 aromatic rings. The summed E-state index contributed by atoms with van der Waals surface area (Å²) in [7, 11) is 0. The minimum Gasteiger partial charge on any atom is -0.352 e. The summed E-state index contributed by atoms with van der Waals surface area (Å²) in [4.78, 5) is 11.7. The van der Waals surface area contributed by atoms with Crippen molar-refractivity contribution < 1.29 is 13.6 Å². The lowest BCUT2D eigenvalue weighted by Crippen LogP contribution is -2.40. The van der Waals surface area contributed by atoms with Crippen molar-refractivity contribution >= 4 is 17.5 Å². The van der Waals surface area contributed by atoms with Crippen LogP contribution in [-0.2, 0) is 11.2 Å². The Hall–Kier alpha value is -1.16. The van der Waals surface area contributed by atoms with E-state index in [0.717, 1.165) is 6.07 Å². The molecule has 0 aliphatic carbocycles. The van der Waals surface area contributed by atoms with Crippen LogP contribution < -0.4 is 5.32 Å². The molecule has 0 fully saturated rings. The number of carbonyl (C=O) groups is 1. The van der Waals surface area contributed by atoms with E-state index in [-0.39, 0.29) is 35.7 Å². The van der Waals surface area contributed by atoms with Crippen LogP contribution in [0, 0.1) is 17.6 Å². The molecule has 0 aromatic heterocycles. The number of benzene rings is 1. The lowest BCUT2D eigenvalue weighted by molar-refractivity contribution is -0.121. The minimum atomic E-state index is -0.973. The third-order valence-corrected chi connectivity index (χ3v) is 3.03. The summed E-state index contributed by atoms with van der Waals surface area (Å²) >= 11 is 5.72. The summed E-state index contributed by atoms with van der Waals surface area (Å²) in [6.45, 7) is 3.85. The van der Waals surface area contributed by atoms with Crippen molar-refractivity contribution in [3.05, 3.63) is 35.4 Å². The number of carbonyl (C=O) groups excluding carboxylic acids is 1. The largest absolute Gasteiger partial charge is 0.352 e. The van der Waals surface area contributed by atoms with E-state index in [9.17, 15) is 13.6 Å². The molecule has 0 spiro atoms. The van der Waals surface area contributed by atoms with Gasteiger partial charge in [0.15, 0.2) is 11.6 Å². The van der Waals surface area contributed by atoms with Gasteiger partial charge < -0.3 is 5.32 Å². The molecule has 1 amide bonds. The molecule has 18 heavy (non-hydrogen) atoms. The fourth-order valence-electron chi connectivity index (χ4n) is 1.50. The van der Waals surface area contributed by atoms with Gasteiger partial charge in [-0.2, -0.15) is 0 Å². The van der Waals surface area contributed by atoms with Crippen LogP contribution in [0.1, 0.15) is 19.4 Å². The summed E-state index contributed by atoms with van der Waals surface area (Å²) in [6, 6.07) is 3.62. The molecule has 0 aliphatic rings. The fraction of sp³-hybridized carbons (Fsp3) is 0.462. The van der Waals surface area contributed by atoms with Crippen molar-refractivity contribution in [2.45, 2.75) is 26.3 Å². The lowest BCUT2D eigenvalue weighted by atomic mass is 10.1. The first-order valence-electron chi connectivity index (χ1n) is 5.74. The molecule has 1 aromatic carbocycles. The molecule has 100 valence electrons. The first kappa shape index (κ1) is 14.9. The van der Waals surface area contributed by atoms with Gasteiger partial charge in [-0.05, 0) is 12.0 Å². The molecule has 0 radical (unpaired) electrons. The highest BCUT2D eigenvalue weighted by Gasteiger charge is 2.17. The molecular weight excluding hydrogens is 260 g/mol. The standard InChI is InChI=1S/C13H16ClF2NO/c1-8(2)11(7-14)17-12(18)6-9-4-3-5-10(15)13(9)16/h3-5,8,11H,6-7H2,1-2H3,(H,17,18). The Morgan fingerprint density at radius 3 is 2.61 bits per heavy atom. The zero-order valence-corrected chi connectivity index (χ0v) is 11.1. The maximum atomic E-state index is 13.4. The van der Waals surface area contributed by atoms with Gasteiger partial charge >= 0.3 is 0 Å². The third-order valence-electron chi connectivity index (χ3n) is 2.70. The van der Waals surface area contributed by atoms with Crippen molar-refractivity contribution in [2.24, 2.45) is 5.92 Å². The van der Waals surface area contributed by atoms with E-state index in [1.54, 1.807) is 0 Å². The maximum Gasteiger partial charge on any atom is 0.224 e. The average molecular weight is 276 g/mol. The van der Waals surface area contributed by atoms with Crippen LogP contribution >= 0.6 is 11.6 Å². The molecule has 1 N–H and O–H groups in total. The van der Waals surface area contributed by atoms with Gasteiger partial charge in [-0.1, -0.05) is 26.0 Å². The molecule has 0 bridgehead atoms. The van der Waals surface area contributed by atoms with Crippen molar-refractivity contribution in [1.29, 1.82) is 0 Å². The van der Waals surface area contributed by atoms with E-state index in [2.05, 4.69) is 5.32 Å². The minimum absolute atomic E-state index is 0.0459. The molecule has 0 heterocycles. The number of amides is 1. The predicted octanol–water partition coefficient (Wildman–Crippen LogP) is 2.89. The SMILES string of the molecule is CC(C)C(CCl)NC(=O)Cc1cccc(F)c1F. The van der Waals surface area contributed by atoms with Gasteiger partial charge in [0, 0.05) is 17.5 Å². The summed E-state index contributed by atoms with van der Waals surface area (Å²) in [5.74, 6) is -1.81. The second-order valence-corrected chi connectivity index (χ2v) is 4.77. The number of hydrogen-bond donors (Lipinski definition) is 1. The molecule has 0 aliphatic heterocycles. The quantitative estimate of drug-likeness (QED) is 0.823. The molecule has 1 unspecified atom stereocenters. The zero-order valence-electron chi connectivity index (χ0n) is 10.3. The van der Waals surface area contributed by atoms with Gasteiger partial charge in [0.25, 0.3) is 0 Å². The van der Waals surface area contributed by atoms with Crippen LogP contribution in [0.2, 0.25) is 0 Å². The summed E-state index contributed by atoms with van der Waals surface area (Å²) in [5.41, 5.74) is 0.0459. The topological polar surface area (TPSA) is 29.1 Å². The molecule has 0 saturated carbocycles. The smallest absolute Gasteiger partial charge is 0.224 e. The van der Waals surface area contributed by atoms with Gasteiger partial charge in [-0.15, -0.1) is 11.6 Å². The number of alkyl halides is 1. The fourth-order valence-corrected chi connectivity index (χ4v) is 1.93. The zero-order chi connectivity index (χ0) is 13.7. The van der Waals surface area contributed by atoms with E-state index in [0.29, 0.717) is 0 Å². The van der Waals surface area contributed by atoms with Crippen LogP contribution in [0.3, 0.4) is 0 Å². The van der Waals surface area contributed by atoms with Gasteiger partial charge in [0.1, 0.15) is 0 Å². The Morgan fingerprint density at radius 2 is 2.06 bits per heavy atom. The van der Waals surface area contributed by atoms with Gasteiger partial charge in [-0.25, -0.2) is 8.78 Å². The molecular formula is C13H16ClF2NO. The molecule has 5 heteroatoms. The maximum absolute atomic E-state index is 13.4. The highest BCUT2D eigenvalue weighted by atomic mass is 35.5. The van der Waals surface area contributed by atoms with Crippen molar-refractivity contribution in [3.8, 4) is 0 Å². The summed E-state index contributed by atoms with van der Waals surface area (Å²) in [5, 5.41) is 2.70. The van der Waals surface area contributed by atoms with Crippen molar-refractivity contribution in [2.75, 3.05) is 5.88 Å². The second-order valence-electron chi connectivity index (χ2n) is 4.46. The number of halogens is 3. The molecule has 0 saturated heterocycles. The van der Waals surface area contributed by atoms with Gasteiger partial charge in [0.2, 0.25) is 5.91 Å². The van der Waals surface area contributed by atoms with E-state index < -0.39 is 11.6 Å². The van der Waals surface area contributed by atoms with Crippen molar-refractivity contribution in [1.82, 2.24) is 5.32 Å². The first-order valence-corrected chi connectivity index (χ1v) is 6.27. The van der Waals surface area contributed by atoms with Gasteiger partial charge in [0.05, 0.1) is 6.42 Å². The monoisotopic (exact) mass is 275 g/mol. The number of hydrogen-bond acceptors (Lipinski definition) is 1. The molecule has 1 atom stereocenters. The Labute approximate surface area is 110 Å². The summed E-state index contributed by atoms with van der Waals surface area (Å²) in [6.07, 6.45) is -0.191. The van der Waals surface area contributed by atoms with E-state index >= 15 is 0 Å².